The van der Waals surface area contributed by atoms with Gasteiger partial charge in [0.15, 0.2) is 0 Å². The summed E-state index contributed by atoms with van der Waals surface area (Å²) in [5.41, 5.74) is 1.31. The number of hydrogen-bond donors (Lipinski definition) is 0. The Morgan fingerprint density at radius 1 is 1.33 bits per heavy atom. The summed E-state index contributed by atoms with van der Waals surface area (Å²) in [6, 6.07) is 6.24. The van der Waals surface area contributed by atoms with Crippen molar-refractivity contribution in [2.75, 3.05) is 18.1 Å². The average molecular weight is 436 g/mol. The number of thioether (sulfide) groups is 1. The second-order valence-corrected chi connectivity index (χ2v) is 8.40. The van der Waals surface area contributed by atoms with E-state index in [9.17, 15) is 0 Å². The van der Waals surface area contributed by atoms with Crippen LogP contribution in [0.2, 0.25) is 0 Å². The lowest BCUT2D eigenvalue weighted by Crippen LogP contribution is -2.46. The van der Waals surface area contributed by atoms with Crippen LogP contribution in [-0.2, 0) is 10.1 Å². The molecule has 2 fully saturated rings. The Hall–Kier alpha value is 0.290. The maximum absolute atomic E-state index is 6.25. The lowest BCUT2D eigenvalue weighted by Gasteiger charge is -2.43. The van der Waals surface area contributed by atoms with Crippen LogP contribution in [0.25, 0.3) is 0 Å². The van der Waals surface area contributed by atoms with Gasteiger partial charge >= 0.3 is 0 Å². The van der Waals surface area contributed by atoms with Crippen molar-refractivity contribution in [2.24, 2.45) is 0 Å². The minimum Gasteiger partial charge on any atom is -0.490 e. The predicted octanol–water partition coefficient (Wildman–Crippen LogP) is 5.17. The summed E-state index contributed by atoms with van der Waals surface area (Å²) in [7, 11) is 0. The van der Waals surface area contributed by atoms with Gasteiger partial charge in [-0.2, -0.15) is 11.8 Å². The van der Waals surface area contributed by atoms with Gasteiger partial charge in [-0.3, -0.25) is 0 Å². The van der Waals surface area contributed by atoms with Crippen LogP contribution in [0.3, 0.4) is 0 Å². The molecule has 0 N–H and O–H groups in total. The fourth-order valence-electron chi connectivity index (χ4n) is 3.09. The van der Waals surface area contributed by atoms with Gasteiger partial charge in [0.05, 0.1) is 12.2 Å². The quantitative estimate of drug-likeness (QED) is 0.610. The maximum atomic E-state index is 6.25. The second-order valence-electron chi connectivity index (χ2n) is 5.76. The fraction of sp³-hybridized carbons (Fsp3) is 0.625. The Balaban J connectivity index is 1.67. The van der Waals surface area contributed by atoms with Crippen LogP contribution in [0.4, 0.5) is 0 Å². The second kappa shape index (κ2) is 7.24. The molecule has 2 heterocycles. The van der Waals surface area contributed by atoms with E-state index in [1.165, 1.54) is 29.9 Å². The fourth-order valence-corrected chi connectivity index (χ4v) is 5.56. The SMILES string of the molecule is BrCc1cc(OC2CCOC3(CCSCC3)C2)ccc1Br. The molecule has 1 spiro atoms. The molecule has 5 heteroatoms. The van der Waals surface area contributed by atoms with Crippen molar-refractivity contribution in [1.82, 2.24) is 0 Å². The van der Waals surface area contributed by atoms with Crippen LogP contribution in [0, 0.1) is 0 Å². The highest BCUT2D eigenvalue weighted by Gasteiger charge is 2.39. The normalized spacial score (nSPS) is 25.0. The van der Waals surface area contributed by atoms with Crippen molar-refractivity contribution >= 4 is 43.6 Å². The Morgan fingerprint density at radius 2 is 2.14 bits per heavy atom. The Morgan fingerprint density at radius 3 is 2.90 bits per heavy atom. The first-order valence-corrected chi connectivity index (χ1v) is 10.5. The molecule has 0 radical (unpaired) electrons. The standard InChI is InChI=1S/C16H20Br2O2S/c17-11-12-9-13(1-2-15(12)18)20-14-3-6-19-16(10-14)4-7-21-8-5-16/h1-2,9,14H,3-8,10-11H2. The van der Waals surface area contributed by atoms with Crippen LogP contribution in [0.5, 0.6) is 5.75 Å². The first-order valence-electron chi connectivity index (χ1n) is 7.43. The highest BCUT2D eigenvalue weighted by Crippen LogP contribution is 2.38. The van der Waals surface area contributed by atoms with E-state index in [4.69, 9.17) is 9.47 Å². The van der Waals surface area contributed by atoms with E-state index in [1.807, 2.05) is 11.8 Å². The molecule has 0 aliphatic carbocycles. The molecule has 1 unspecified atom stereocenters. The van der Waals surface area contributed by atoms with Crippen LogP contribution < -0.4 is 4.74 Å². The van der Waals surface area contributed by atoms with Crippen molar-refractivity contribution in [3.63, 3.8) is 0 Å². The van der Waals surface area contributed by atoms with Gasteiger partial charge < -0.3 is 9.47 Å². The number of benzene rings is 1. The monoisotopic (exact) mass is 434 g/mol. The molecule has 1 atom stereocenters. The van der Waals surface area contributed by atoms with Gasteiger partial charge in [0.25, 0.3) is 0 Å². The molecule has 116 valence electrons. The molecule has 2 aliphatic heterocycles. The summed E-state index contributed by atoms with van der Waals surface area (Å²) in [6.45, 7) is 0.831. The van der Waals surface area contributed by atoms with Crippen molar-refractivity contribution < 1.29 is 9.47 Å². The highest BCUT2D eigenvalue weighted by molar-refractivity contribution is 9.10. The smallest absolute Gasteiger partial charge is 0.120 e. The lowest BCUT2D eigenvalue weighted by atomic mass is 9.86. The van der Waals surface area contributed by atoms with Gasteiger partial charge in [0.1, 0.15) is 11.9 Å². The Kier molecular flexibility index (Phi) is 5.57. The average Bonchev–Trinajstić information content (AvgIpc) is 2.50. The summed E-state index contributed by atoms with van der Waals surface area (Å²) in [5.74, 6) is 3.41. The zero-order valence-electron chi connectivity index (χ0n) is 11.9. The molecule has 2 saturated heterocycles. The molecule has 0 aromatic heterocycles. The van der Waals surface area contributed by atoms with Crippen LogP contribution >= 0.6 is 43.6 Å². The third-order valence-corrected chi connectivity index (χ3v) is 6.68. The third-order valence-electron chi connectivity index (χ3n) is 4.32. The minimum atomic E-state index is 0.0851. The van der Waals surface area contributed by atoms with Crippen LogP contribution in [0.1, 0.15) is 31.2 Å². The van der Waals surface area contributed by atoms with Crippen LogP contribution in [-0.4, -0.2) is 29.8 Å². The predicted molar refractivity (Wildman–Crippen MR) is 95.7 cm³/mol. The Bertz CT molecular complexity index is 484. The van der Waals surface area contributed by atoms with E-state index >= 15 is 0 Å². The first kappa shape index (κ1) is 16.2. The minimum absolute atomic E-state index is 0.0851. The van der Waals surface area contributed by atoms with E-state index in [-0.39, 0.29) is 11.7 Å². The van der Waals surface area contributed by atoms with Gasteiger partial charge in [-0.15, -0.1) is 0 Å². The van der Waals surface area contributed by atoms with Crippen molar-refractivity contribution in [2.45, 2.75) is 42.7 Å². The van der Waals surface area contributed by atoms with Gasteiger partial charge in [0, 0.05) is 22.6 Å². The maximum Gasteiger partial charge on any atom is 0.120 e. The zero-order valence-corrected chi connectivity index (χ0v) is 15.9. The largest absolute Gasteiger partial charge is 0.490 e. The summed E-state index contributed by atoms with van der Waals surface area (Å²) in [4.78, 5) is 0. The van der Waals surface area contributed by atoms with Crippen molar-refractivity contribution in [3.8, 4) is 5.75 Å². The molecule has 0 amide bonds. The third kappa shape index (κ3) is 3.98. The van der Waals surface area contributed by atoms with E-state index in [0.29, 0.717) is 0 Å². The number of alkyl halides is 1. The number of ether oxygens (including phenoxy) is 2. The topological polar surface area (TPSA) is 18.5 Å². The molecule has 0 bridgehead atoms. The van der Waals surface area contributed by atoms with E-state index in [1.54, 1.807) is 0 Å². The molecule has 21 heavy (non-hydrogen) atoms. The van der Waals surface area contributed by atoms with Gasteiger partial charge in [0.2, 0.25) is 0 Å². The molecule has 0 saturated carbocycles. The molecular formula is C16H20Br2O2S. The zero-order chi connectivity index (χ0) is 14.7. The summed E-state index contributed by atoms with van der Waals surface area (Å²) in [6.07, 6.45) is 4.66. The number of halogens is 2. The lowest BCUT2D eigenvalue weighted by molar-refractivity contribution is -0.116. The highest BCUT2D eigenvalue weighted by atomic mass is 79.9. The van der Waals surface area contributed by atoms with Crippen molar-refractivity contribution in [1.29, 1.82) is 0 Å². The molecule has 2 aliphatic rings. The number of hydrogen-bond acceptors (Lipinski definition) is 3. The van der Waals surface area contributed by atoms with Gasteiger partial charge in [-0.05, 0) is 48.1 Å². The molecule has 2 nitrogen and oxygen atoms in total. The molecule has 1 aromatic carbocycles. The molecule has 3 rings (SSSR count). The summed E-state index contributed by atoms with van der Waals surface area (Å²) in [5, 5.41) is 0.833. The van der Waals surface area contributed by atoms with E-state index in [2.05, 4.69) is 50.1 Å². The van der Waals surface area contributed by atoms with Gasteiger partial charge in [-0.1, -0.05) is 31.9 Å². The first-order chi connectivity index (χ1) is 10.2. The molecule has 1 aromatic rings. The Labute approximate surface area is 147 Å². The number of rotatable bonds is 3. The van der Waals surface area contributed by atoms with E-state index in [0.717, 1.165) is 35.0 Å². The summed E-state index contributed by atoms with van der Waals surface area (Å²) >= 11 is 9.13. The molecular weight excluding hydrogens is 416 g/mol. The summed E-state index contributed by atoms with van der Waals surface area (Å²) < 4.78 is 13.5. The van der Waals surface area contributed by atoms with Gasteiger partial charge in [-0.25, -0.2) is 0 Å². The van der Waals surface area contributed by atoms with Crippen molar-refractivity contribution in [3.05, 3.63) is 28.2 Å². The van der Waals surface area contributed by atoms with E-state index < -0.39 is 0 Å². The van der Waals surface area contributed by atoms with Crippen LogP contribution in [0.15, 0.2) is 22.7 Å².